The minimum Gasteiger partial charge on any atom is -0.445 e. The van der Waals surface area contributed by atoms with Crippen LogP contribution in [0.5, 0.6) is 0 Å². The number of aromatic nitrogens is 1. The Balaban J connectivity index is 2.29. The van der Waals surface area contributed by atoms with E-state index in [-0.39, 0.29) is 12.1 Å². The number of nitrogens with zero attached hydrogens (tertiary/aromatic N) is 1. The van der Waals surface area contributed by atoms with Crippen LogP contribution >= 0.6 is 0 Å². The van der Waals surface area contributed by atoms with Crippen molar-refractivity contribution in [2.45, 2.75) is 32.9 Å². The van der Waals surface area contributed by atoms with Crippen LogP contribution in [0.15, 0.2) is 17.0 Å². The molecule has 0 radical (unpaired) electrons. The maximum atomic E-state index is 11.2. The Morgan fingerprint density at radius 3 is 2.86 bits per heavy atom. The van der Waals surface area contributed by atoms with E-state index >= 15 is 0 Å². The summed E-state index contributed by atoms with van der Waals surface area (Å²) in [6, 6.07) is 0. The number of alkyl carbamates (subject to hydrolysis) is 1. The van der Waals surface area contributed by atoms with Crippen molar-refractivity contribution in [2.75, 3.05) is 0 Å². The molecule has 1 aromatic heterocycles. The van der Waals surface area contributed by atoms with Crippen molar-refractivity contribution in [3.63, 3.8) is 0 Å². The van der Waals surface area contributed by atoms with Crippen LogP contribution in [0.3, 0.4) is 0 Å². The van der Waals surface area contributed by atoms with Gasteiger partial charge in [-0.1, -0.05) is 0 Å². The lowest BCUT2D eigenvalue weighted by molar-refractivity contribution is 0.123. The Morgan fingerprint density at radius 2 is 2.36 bits per heavy atom. The predicted octanol–water partition coefficient (Wildman–Crippen LogP) is 1.70. The van der Waals surface area contributed by atoms with Gasteiger partial charge < -0.3 is 14.5 Å². The molecule has 1 aromatic rings. The molecule has 0 fully saturated rings. The quantitative estimate of drug-likeness (QED) is 0.785. The van der Waals surface area contributed by atoms with E-state index in [0.717, 1.165) is 0 Å². The minimum absolute atomic E-state index is 0.0991. The van der Waals surface area contributed by atoms with Gasteiger partial charge in [-0.25, -0.2) is 9.78 Å². The lowest BCUT2D eigenvalue weighted by atomic mass is 10.1. The monoisotopic (exact) mass is 198 g/mol. The number of hydrogen-bond acceptors (Lipinski definition) is 4. The second-order valence-electron chi connectivity index (χ2n) is 3.92. The van der Waals surface area contributed by atoms with Crippen molar-refractivity contribution in [3.8, 4) is 0 Å². The van der Waals surface area contributed by atoms with Gasteiger partial charge in [0.15, 0.2) is 18.8 Å². The van der Waals surface area contributed by atoms with Gasteiger partial charge in [0.1, 0.15) is 0 Å². The topological polar surface area (TPSA) is 64.4 Å². The molecule has 0 aliphatic carbocycles. The normalized spacial score (nSPS) is 11.1. The SMILES string of the molecule is CC(C)(C)NC(=O)OCc1cnco1. The molecule has 1 N–H and O–H groups in total. The van der Waals surface area contributed by atoms with Crippen molar-refractivity contribution in [1.82, 2.24) is 10.3 Å². The first kappa shape index (κ1) is 10.6. The van der Waals surface area contributed by atoms with Crippen molar-refractivity contribution >= 4 is 6.09 Å². The maximum absolute atomic E-state index is 11.2. The second-order valence-corrected chi connectivity index (χ2v) is 3.92. The summed E-state index contributed by atoms with van der Waals surface area (Å²) in [6.07, 6.45) is 2.33. The van der Waals surface area contributed by atoms with Gasteiger partial charge in [0.2, 0.25) is 0 Å². The summed E-state index contributed by atoms with van der Waals surface area (Å²) >= 11 is 0. The van der Waals surface area contributed by atoms with Crippen molar-refractivity contribution in [3.05, 3.63) is 18.4 Å². The number of amides is 1. The molecule has 0 aliphatic heterocycles. The summed E-state index contributed by atoms with van der Waals surface area (Å²) in [6.45, 7) is 5.73. The van der Waals surface area contributed by atoms with Crippen LogP contribution < -0.4 is 5.32 Å². The van der Waals surface area contributed by atoms with Crippen LogP contribution in [0.25, 0.3) is 0 Å². The molecule has 0 atom stereocenters. The Hall–Kier alpha value is -1.52. The van der Waals surface area contributed by atoms with Crippen LogP contribution in [-0.4, -0.2) is 16.6 Å². The lowest BCUT2D eigenvalue weighted by Crippen LogP contribution is -2.40. The summed E-state index contributed by atoms with van der Waals surface area (Å²) in [5.74, 6) is 0.522. The molecule has 0 spiro atoms. The molecule has 0 unspecified atom stereocenters. The van der Waals surface area contributed by atoms with E-state index in [2.05, 4.69) is 10.3 Å². The van der Waals surface area contributed by atoms with Gasteiger partial charge in [0, 0.05) is 5.54 Å². The highest BCUT2D eigenvalue weighted by Gasteiger charge is 2.14. The first-order valence-electron chi connectivity index (χ1n) is 4.30. The van der Waals surface area contributed by atoms with E-state index in [1.165, 1.54) is 12.6 Å². The third-order valence-electron chi connectivity index (χ3n) is 1.31. The fourth-order valence-electron chi connectivity index (χ4n) is 0.792. The predicted molar refractivity (Wildman–Crippen MR) is 49.6 cm³/mol. The van der Waals surface area contributed by atoms with E-state index in [9.17, 15) is 4.79 Å². The van der Waals surface area contributed by atoms with E-state index in [1.807, 2.05) is 20.8 Å². The number of rotatable bonds is 2. The number of carbonyl (C=O) groups excluding carboxylic acids is 1. The van der Waals surface area contributed by atoms with Gasteiger partial charge in [0.25, 0.3) is 0 Å². The van der Waals surface area contributed by atoms with Crippen LogP contribution in [0.2, 0.25) is 0 Å². The highest BCUT2D eigenvalue weighted by molar-refractivity contribution is 5.67. The summed E-state index contributed by atoms with van der Waals surface area (Å²) in [4.78, 5) is 14.9. The van der Waals surface area contributed by atoms with Gasteiger partial charge in [-0.2, -0.15) is 0 Å². The molecular weight excluding hydrogens is 184 g/mol. The second kappa shape index (κ2) is 4.13. The number of nitrogens with one attached hydrogen (secondary N) is 1. The molecule has 0 saturated heterocycles. The van der Waals surface area contributed by atoms with Gasteiger partial charge >= 0.3 is 6.09 Å². The fourth-order valence-corrected chi connectivity index (χ4v) is 0.792. The third-order valence-corrected chi connectivity index (χ3v) is 1.31. The van der Waals surface area contributed by atoms with E-state index in [0.29, 0.717) is 5.76 Å². The van der Waals surface area contributed by atoms with Crippen LogP contribution in [0.4, 0.5) is 4.79 Å². The van der Waals surface area contributed by atoms with Crippen molar-refractivity contribution < 1.29 is 13.9 Å². The average molecular weight is 198 g/mol. The third kappa shape index (κ3) is 3.93. The molecule has 14 heavy (non-hydrogen) atoms. The molecule has 5 nitrogen and oxygen atoms in total. The molecule has 0 bridgehead atoms. The van der Waals surface area contributed by atoms with Crippen LogP contribution in [-0.2, 0) is 11.3 Å². The summed E-state index contributed by atoms with van der Waals surface area (Å²) in [7, 11) is 0. The van der Waals surface area contributed by atoms with Crippen LogP contribution in [0.1, 0.15) is 26.5 Å². The molecule has 1 rings (SSSR count). The Bertz CT molecular complexity index is 288. The molecule has 1 amide bonds. The average Bonchev–Trinajstić information content (AvgIpc) is 2.49. The fraction of sp³-hybridized carbons (Fsp3) is 0.556. The van der Waals surface area contributed by atoms with E-state index < -0.39 is 6.09 Å². The molecule has 78 valence electrons. The number of hydrogen-bond donors (Lipinski definition) is 1. The zero-order valence-corrected chi connectivity index (χ0v) is 8.53. The molecule has 0 aliphatic rings. The molecule has 0 aromatic carbocycles. The lowest BCUT2D eigenvalue weighted by Gasteiger charge is -2.19. The molecular formula is C9H14N2O3. The highest BCUT2D eigenvalue weighted by atomic mass is 16.6. The largest absolute Gasteiger partial charge is 0.445 e. The summed E-state index contributed by atoms with van der Waals surface area (Å²) in [5.41, 5.74) is -0.293. The van der Waals surface area contributed by atoms with Crippen molar-refractivity contribution in [2.24, 2.45) is 0 Å². The molecule has 0 saturated carbocycles. The zero-order chi connectivity index (χ0) is 10.6. The van der Waals surface area contributed by atoms with Gasteiger partial charge in [-0.15, -0.1) is 0 Å². The smallest absolute Gasteiger partial charge is 0.407 e. The number of ether oxygens (including phenoxy) is 1. The zero-order valence-electron chi connectivity index (χ0n) is 8.53. The van der Waals surface area contributed by atoms with E-state index in [4.69, 9.17) is 9.15 Å². The summed E-state index contributed by atoms with van der Waals surface area (Å²) < 4.78 is 9.78. The Kier molecular flexibility index (Phi) is 3.11. The van der Waals surface area contributed by atoms with Crippen LogP contribution in [0, 0.1) is 0 Å². The molecule has 1 heterocycles. The van der Waals surface area contributed by atoms with Crippen molar-refractivity contribution in [1.29, 1.82) is 0 Å². The first-order chi connectivity index (χ1) is 6.47. The number of oxazole rings is 1. The van der Waals surface area contributed by atoms with E-state index in [1.54, 1.807) is 0 Å². The first-order valence-corrected chi connectivity index (χ1v) is 4.30. The minimum atomic E-state index is -0.464. The highest BCUT2D eigenvalue weighted by Crippen LogP contribution is 2.02. The standard InChI is InChI=1S/C9H14N2O3/c1-9(2,3)11-8(12)13-5-7-4-10-6-14-7/h4,6H,5H2,1-3H3,(H,11,12). The molecule has 5 heteroatoms. The van der Waals surface area contributed by atoms with Gasteiger partial charge in [-0.05, 0) is 20.8 Å². The Morgan fingerprint density at radius 1 is 1.64 bits per heavy atom. The van der Waals surface area contributed by atoms with Gasteiger partial charge in [-0.3, -0.25) is 0 Å². The Labute approximate surface area is 82.5 Å². The number of carbonyl (C=O) groups is 1. The van der Waals surface area contributed by atoms with Gasteiger partial charge in [0.05, 0.1) is 6.20 Å². The summed E-state index contributed by atoms with van der Waals surface area (Å²) in [5, 5.41) is 2.66. The maximum Gasteiger partial charge on any atom is 0.407 e.